The summed E-state index contributed by atoms with van der Waals surface area (Å²) in [5.41, 5.74) is 0.101. The van der Waals surface area contributed by atoms with Crippen molar-refractivity contribution in [2.45, 2.75) is 103 Å². The fourth-order valence-corrected chi connectivity index (χ4v) is 4.42. The average molecular weight is 401 g/mol. The molecule has 1 rings (SSSR count). The third-order valence-corrected chi connectivity index (χ3v) is 6.34. The van der Waals surface area contributed by atoms with Crippen LogP contribution in [0.25, 0.3) is 0 Å². The molecule has 0 heterocycles. The van der Waals surface area contributed by atoms with Crippen molar-refractivity contribution in [1.29, 1.82) is 0 Å². The molecule has 0 aromatic heterocycles. The summed E-state index contributed by atoms with van der Waals surface area (Å²) in [5, 5.41) is 0. The lowest BCUT2D eigenvalue weighted by molar-refractivity contribution is -0.0710. The summed E-state index contributed by atoms with van der Waals surface area (Å²) < 4.78 is 46.4. The average Bonchev–Trinajstić information content (AvgIpc) is 2.69. The van der Waals surface area contributed by atoms with E-state index in [-0.39, 0.29) is 11.2 Å². The van der Waals surface area contributed by atoms with Gasteiger partial charge in [0, 0.05) is 13.2 Å². The van der Waals surface area contributed by atoms with E-state index < -0.39 is 17.5 Å². The molecule has 1 nitrogen and oxygen atoms in total. The summed E-state index contributed by atoms with van der Waals surface area (Å²) in [5.74, 6) is -2.37. The highest BCUT2D eigenvalue weighted by Gasteiger charge is 2.34. The highest BCUT2D eigenvalue weighted by molar-refractivity contribution is 5.20. The first kappa shape index (κ1) is 25.0. The molecule has 0 fully saturated rings. The van der Waals surface area contributed by atoms with Crippen molar-refractivity contribution in [3.05, 3.63) is 35.1 Å². The van der Waals surface area contributed by atoms with Crippen LogP contribution in [0.4, 0.5) is 13.2 Å². The monoisotopic (exact) mass is 400 g/mol. The van der Waals surface area contributed by atoms with Crippen LogP contribution < -0.4 is 0 Å². The molecule has 0 aliphatic rings. The third kappa shape index (κ3) is 7.42. The Bertz CT molecular complexity index is 547. The third-order valence-electron chi connectivity index (χ3n) is 6.34. The second-order valence-electron chi connectivity index (χ2n) is 7.98. The number of hydrogen-bond acceptors (Lipinski definition) is 1. The molecule has 0 amide bonds. The van der Waals surface area contributed by atoms with E-state index in [1.54, 1.807) is 7.11 Å². The molecule has 1 unspecified atom stereocenters. The zero-order valence-corrected chi connectivity index (χ0v) is 18.3. The molecular formula is C24H39F3O. The lowest BCUT2D eigenvalue weighted by Gasteiger charge is -2.39. The van der Waals surface area contributed by atoms with Gasteiger partial charge in [-0.15, -0.1) is 0 Å². The van der Waals surface area contributed by atoms with Crippen LogP contribution >= 0.6 is 0 Å². The van der Waals surface area contributed by atoms with Gasteiger partial charge in [0.2, 0.25) is 0 Å². The summed E-state index contributed by atoms with van der Waals surface area (Å²) in [6, 6.07) is 1.65. The molecule has 0 aliphatic heterocycles. The van der Waals surface area contributed by atoms with Gasteiger partial charge in [0.05, 0.1) is 5.60 Å². The normalized spacial score (nSPS) is 13.1. The highest BCUT2D eigenvalue weighted by Crippen LogP contribution is 2.36. The van der Waals surface area contributed by atoms with Crippen molar-refractivity contribution in [2.75, 3.05) is 7.11 Å². The number of benzene rings is 1. The number of halogens is 3. The predicted octanol–water partition coefficient (Wildman–Crippen LogP) is 8.00. The smallest absolute Gasteiger partial charge is 0.161 e. The molecule has 0 radical (unpaired) electrons. The van der Waals surface area contributed by atoms with Crippen LogP contribution in [0.2, 0.25) is 0 Å². The molecule has 0 bridgehead atoms. The lowest BCUT2D eigenvalue weighted by atomic mass is 9.76. The molecule has 1 aromatic rings. The van der Waals surface area contributed by atoms with E-state index in [1.165, 1.54) is 38.5 Å². The van der Waals surface area contributed by atoms with Crippen LogP contribution in [0.5, 0.6) is 0 Å². The van der Waals surface area contributed by atoms with Crippen molar-refractivity contribution in [3.8, 4) is 0 Å². The van der Waals surface area contributed by atoms with E-state index in [1.807, 2.05) is 0 Å². The zero-order valence-electron chi connectivity index (χ0n) is 18.3. The number of methoxy groups -OCH3 is 1. The molecule has 4 heteroatoms. The maximum atomic E-state index is 13.9. The van der Waals surface area contributed by atoms with Crippen molar-refractivity contribution in [1.82, 2.24) is 0 Å². The lowest BCUT2D eigenvalue weighted by Crippen LogP contribution is -2.39. The summed E-state index contributed by atoms with van der Waals surface area (Å²) in [6.45, 7) is 6.55. The molecule has 0 saturated carbocycles. The van der Waals surface area contributed by atoms with Gasteiger partial charge in [0.25, 0.3) is 0 Å². The largest absolute Gasteiger partial charge is 0.378 e. The minimum Gasteiger partial charge on any atom is -0.378 e. The SMILES string of the molecule is CCCCCCCCC(CCCc1cc(F)c(F)cc1F)C(CC)(CC)OC. The molecule has 0 spiro atoms. The van der Waals surface area contributed by atoms with Crippen LogP contribution in [-0.2, 0) is 11.2 Å². The van der Waals surface area contributed by atoms with Crippen molar-refractivity contribution in [3.63, 3.8) is 0 Å². The molecule has 28 heavy (non-hydrogen) atoms. The Labute approximate surface area is 170 Å². The standard InChI is InChI=1S/C24H39F3O/c1-5-8-9-10-11-12-15-20(24(6-2,7-3)28-4)16-13-14-19-17-22(26)23(27)18-21(19)25/h17-18,20H,5-16H2,1-4H3. The van der Waals surface area contributed by atoms with E-state index in [9.17, 15) is 13.2 Å². The minimum atomic E-state index is -1.13. The van der Waals surface area contributed by atoms with Crippen LogP contribution in [0, 0.1) is 23.4 Å². The predicted molar refractivity (Wildman–Crippen MR) is 111 cm³/mol. The van der Waals surface area contributed by atoms with E-state index in [0.717, 1.165) is 38.2 Å². The minimum absolute atomic E-state index is 0.157. The van der Waals surface area contributed by atoms with E-state index in [2.05, 4.69) is 20.8 Å². The molecule has 0 saturated heterocycles. The van der Waals surface area contributed by atoms with E-state index in [0.29, 0.717) is 18.4 Å². The fraction of sp³-hybridized carbons (Fsp3) is 0.750. The summed E-state index contributed by atoms with van der Waals surface area (Å²) in [6.07, 6.45) is 12.6. The van der Waals surface area contributed by atoms with Gasteiger partial charge >= 0.3 is 0 Å². The van der Waals surface area contributed by atoms with Gasteiger partial charge in [0.1, 0.15) is 5.82 Å². The molecule has 0 N–H and O–H groups in total. The first-order chi connectivity index (χ1) is 13.4. The van der Waals surface area contributed by atoms with Gasteiger partial charge in [-0.2, -0.15) is 0 Å². The Morgan fingerprint density at radius 3 is 1.96 bits per heavy atom. The molecular weight excluding hydrogens is 361 g/mol. The van der Waals surface area contributed by atoms with Gasteiger partial charge in [-0.3, -0.25) is 0 Å². The number of aryl methyl sites for hydroxylation is 1. The van der Waals surface area contributed by atoms with Crippen molar-refractivity contribution in [2.24, 2.45) is 5.92 Å². The second kappa shape index (κ2) is 13.2. The molecule has 162 valence electrons. The van der Waals surface area contributed by atoms with Crippen molar-refractivity contribution >= 4 is 0 Å². The van der Waals surface area contributed by atoms with Gasteiger partial charge < -0.3 is 4.74 Å². The van der Waals surface area contributed by atoms with Crippen molar-refractivity contribution < 1.29 is 17.9 Å². The second-order valence-corrected chi connectivity index (χ2v) is 7.98. The van der Waals surface area contributed by atoms with Crippen LogP contribution in [0.3, 0.4) is 0 Å². The van der Waals surface area contributed by atoms with Gasteiger partial charge in [-0.05, 0) is 56.1 Å². The van der Waals surface area contributed by atoms with Gasteiger partial charge in [0.15, 0.2) is 11.6 Å². The first-order valence-corrected chi connectivity index (χ1v) is 11.1. The summed E-state index contributed by atoms with van der Waals surface area (Å²) in [4.78, 5) is 0. The quantitative estimate of drug-likeness (QED) is 0.214. The Morgan fingerprint density at radius 2 is 1.36 bits per heavy atom. The molecule has 1 atom stereocenters. The van der Waals surface area contributed by atoms with E-state index >= 15 is 0 Å². The maximum Gasteiger partial charge on any atom is 0.161 e. The Morgan fingerprint density at radius 1 is 0.786 bits per heavy atom. The maximum absolute atomic E-state index is 13.9. The number of hydrogen-bond donors (Lipinski definition) is 0. The van der Waals surface area contributed by atoms with Crippen LogP contribution in [0.1, 0.15) is 97.0 Å². The number of ether oxygens (including phenoxy) is 1. The number of rotatable bonds is 15. The summed E-state index contributed by atoms with van der Waals surface area (Å²) in [7, 11) is 1.79. The van der Waals surface area contributed by atoms with Gasteiger partial charge in [-0.1, -0.05) is 59.3 Å². The topological polar surface area (TPSA) is 9.23 Å². The Kier molecular flexibility index (Phi) is 11.8. The van der Waals surface area contributed by atoms with Gasteiger partial charge in [-0.25, -0.2) is 13.2 Å². The van der Waals surface area contributed by atoms with Crippen LogP contribution in [-0.4, -0.2) is 12.7 Å². The Hall–Kier alpha value is -1.03. The van der Waals surface area contributed by atoms with E-state index in [4.69, 9.17) is 4.74 Å². The molecule has 0 aliphatic carbocycles. The number of unbranched alkanes of at least 4 members (excludes halogenated alkanes) is 5. The Balaban J connectivity index is 2.67. The summed E-state index contributed by atoms with van der Waals surface area (Å²) >= 11 is 0. The highest BCUT2D eigenvalue weighted by atomic mass is 19.2. The first-order valence-electron chi connectivity index (χ1n) is 11.1. The fourth-order valence-electron chi connectivity index (χ4n) is 4.42. The van der Waals surface area contributed by atoms with Crippen LogP contribution in [0.15, 0.2) is 12.1 Å². The molecule has 1 aromatic carbocycles. The zero-order chi connectivity index (χ0) is 21.0.